The smallest absolute Gasteiger partial charge is 0.255 e. The minimum atomic E-state index is -0.941. The lowest BCUT2D eigenvalue weighted by Gasteiger charge is -2.11. The number of ether oxygens (including phenoxy) is 2. The van der Waals surface area contributed by atoms with Crippen molar-refractivity contribution in [2.45, 2.75) is 12.2 Å². The van der Waals surface area contributed by atoms with Crippen LogP contribution in [0.25, 0.3) is 0 Å². The van der Waals surface area contributed by atoms with Crippen LogP contribution in [0, 0.1) is 0 Å². The van der Waals surface area contributed by atoms with Crippen molar-refractivity contribution in [2.75, 3.05) is 24.8 Å². The van der Waals surface area contributed by atoms with Gasteiger partial charge in [0.2, 0.25) is 0 Å². The van der Waals surface area contributed by atoms with Gasteiger partial charge in [0, 0.05) is 46.5 Å². The summed E-state index contributed by atoms with van der Waals surface area (Å²) in [5.74, 6) is 1.55. The highest BCUT2D eigenvalue weighted by Crippen LogP contribution is 2.32. The molecule has 0 bridgehead atoms. The molecule has 1 N–H and O–H groups in total. The maximum atomic E-state index is 12.4. The Morgan fingerprint density at radius 3 is 2.71 bits per heavy atom. The molecule has 0 aliphatic carbocycles. The van der Waals surface area contributed by atoms with Crippen LogP contribution in [0.4, 0.5) is 5.69 Å². The summed E-state index contributed by atoms with van der Waals surface area (Å²) < 4.78 is 22.5. The van der Waals surface area contributed by atoms with E-state index in [1.165, 1.54) is 0 Å². The number of carbonyl (C=O) groups excluding carboxylic acids is 1. The van der Waals surface area contributed by atoms with E-state index in [9.17, 15) is 9.00 Å². The van der Waals surface area contributed by atoms with Gasteiger partial charge in [-0.1, -0.05) is 12.1 Å². The van der Waals surface area contributed by atoms with Crippen molar-refractivity contribution >= 4 is 22.4 Å². The van der Waals surface area contributed by atoms with Gasteiger partial charge in [0.05, 0.1) is 13.2 Å². The number of rotatable bonds is 4. The van der Waals surface area contributed by atoms with Crippen molar-refractivity contribution in [1.82, 2.24) is 0 Å². The normalized spacial score (nSPS) is 14.5. The Balaban J connectivity index is 1.75. The second kappa shape index (κ2) is 7.49. The summed E-state index contributed by atoms with van der Waals surface area (Å²) >= 11 is 0. The van der Waals surface area contributed by atoms with Crippen molar-refractivity contribution in [2.24, 2.45) is 0 Å². The fraction of sp³-hybridized carbons (Fsp3) is 0.278. The molecule has 0 radical (unpaired) electrons. The predicted molar refractivity (Wildman–Crippen MR) is 94.2 cm³/mol. The van der Waals surface area contributed by atoms with Crippen molar-refractivity contribution in [3.8, 4) is 11.5 Å². The van der Waals surface area contributed by atoms with E-state index in [0.29, 0.717) is 41.7 Å². The van der Waals surface area contributed by atoms with Gasteiger partial charge >= 0.3 is 0 Å². The average molecular weight is 345 g/mol. The number of fused-ring (bicyclic) bond motifs is 1. The van der Waals surface area contributed by atoms with Crippen LogP contribution in [0.2, 0.25) is 0 Å². The van der Waals surface area contributed by atoms with Crippen LogP contribution >= 0.6 is 0 Å². The molecule has 2 aromatic rings. The quantitative estimate of drug-likeness (QED) is 0.925. The molecule has 1 unspecified atom stereocenters. The molecule has 1 atom stereocenters. The first-order chi connectivity index (χ1) is 11.6. The zero-order valence-electron chi connectivity index (χ0n) is 13.4. The van der Waals surface area contributed by atoms with Crippen molar-refractivity contribution in [3.63, 3.8) is 0 Å². The standard InChI is InChI=1S/C18H19NO4S/c1-24(21)12-13-4-2-5-14(10-13)18(20)19-15-6-7-16-17(11-15)23-9-3-8-22-16/h2,4-7,10-11H,3,8-9,12H2,1H3,(H,19,20). The molecule has 24 heavy (non-hydrogen) atoms. The van der Waals surface area contributed by atoms with Crippen molar-refractivity contribution < 1.29 is 18.5 Å². The molecule has 0 saturated heterocycles. The molecule has 6 heteroatoms. The Labute approximate surface area is 143 Å². The summed E-state index contributed by atoms with van der Waals surface area (Å²) in [6.07, 6.45) is 2.48. The Hall–Kier alpha value is -2.34. The first-order valence-corrected chi connectivity index (χ1v) is 9.44. The van der Waals surface area contributed by atoms with E-state index < -0.39 is 10.8 Å². The van der Waals surface area contributed by atoms with Gasteiger partial charge in [-0.15, -0.1) is 0 Å². The van der Waals surface area contributed by atoms with Crippen LogP contribution in [0.1, 0.15) is 22.3 Å². The molecule has 1 heterocycles. The molecular formula is C18H19NO4S. The van der Waals surface area contributed by atoms with E-state index in [2.05, 4.69) is 5.32 Å². The van der Waals surface area contributed by atoms with Crippen LogP contribution in [0.3, 0.4) is 0 Å². The number of amides is 1. The second-order valence-electron chi connectivity index (χ2n) is 5.58. The minimum Gasteiger partial charge on any atom is -0.490 e. The van der Waals surface area contributed by atoms with E-state index in [1.54, 1.807) is 42.7 Å². The number of benzene rings is 2. The summed E-state index contributed by atoms with van der Waals surface area (Å²) in [6.45, 7) is 1.23. The Morgan fingerprint density at radius 2 is 1.92 bits per heavy atom. The first kappa shape index (κ1) is 16.5. The van der Waals surface area contributed by atoms with E-state index in [4.69, 9.17) is 9.47 Å². The van der Waals surface area contributed by atoms with Crippen molar-refractivity contribution in [1.29, 1.82) is 0 Å². The molecule has 0 aromatic heterocycles. The molecule has 1 amide bonds. The summed E-state index contributed by atoms with van der Waals surface area (Å²) in [5.41, 5.74) is 2.06. The minimum absolute atomic E-state index is 0.215. The molecule has 3 rings (SSSR count). The molecular weight excluding hydrogens is 326 g/mol. The predicted octanol–water partition coefficient (Wildman–Crippen LogP) is 2.98. The Morgan fingerprint density at radius 1 is 1.12 bits per heavy atom. The third kappa shape index (κ3) is 4.14. The molecule has 5 nitrogen and oxygen atoms in total. The Kier molecular flexibility index (Phi) is 5.15. The summed E-state index contributed by atoms with van der Waals surface area (Å²) in [6, 6.07) is 12.5. The zero-order chi connectivity index (χ0) is 16.9. The van der Waals surface area contributed by atoms with Gasteiger partial charge in [0.25, 0.3) is 5.91 Å². The molecule has 0 fully saturated rings. The van der Waals surface area contributed by atoms with Crippen LogP contribution < -0.4 is 14.8 Å². The number of nitrogens with one attached hydrogen (secondary N) is 1. The van der Waals surface area contributed by atoms with Gasteiger partial charge in [0.1, 0.15) is 0 Å². The van der Waals surface area contributed by atoms with E-state index >= 15 is 0 Å². The average Bonchev–Trinajstić information content (AvgIpc) is 2.79. The van der Waals surface area contributed by atoms with Crippen LogP contribution in [0.15, 0.2) is 42.5 Å². The van der Waals surface area contributed by atoms with Gasteiger partial charge in [-0.05, 0) is 29.8 Å². The number of carbonyl (C=O) groups is 1. The largest absolute Gasteiger partial charge is 0.490 e. The zero-order valence-corrected chi connectivity index (χ0v) is 14.2. The third-order valence-corrected chi connectivity index (χ3v) is 4.30. The number of hydrogen-bond donors (Lipinski definition) is 1. The van der Waals surface area contributed by atoms with Crippen LogP contribution in [-0.2, 0) is 16.6 Å². The van der Waals surface area contributed by atoms with Gasteiger partial charge in [-0.2, -0.15) is 0 Å². The number of anilines is 1. The SMILES string of the molecule is CS(=O)Cc1cccc(C(=O)Nc2ccc3c(c2)OCCCO3)c1. The molecule has 0 saturated carbocycles. The number of hydrogen-bond acceptors (Lipinski definition) is 4. The molecule has 0 spiro atoms. The fourth-order valence-electron chi connectivity index (χ4n) is 2.48. The maximum absolute atomic E-state index is 12.4. The van der Waals surface area contributed by atoms with Gasteiger partial charge in [0.15, 0.2) is 11.5 Å². The molecule has 126 valence electrons. The van der Waals surface area contributed by atoms with E-state index in [1.807, 2.05) is 6.07 Å². The highest BCUT2D eigenvalue weighted by Gasteiger charge is 2.13. The topological polar surface area (TPSA) is 64.6 Å². The lowest BCUT2D eigenvalue weighted by Crippen LogP contribution is -2.12. The molecule has 1 aliphatic rings. The van der Waals surface area contributed by atoms with Crippen LogP contribution in [-0.4, -0.2) is 29.6 Å². The third-order valence-electron chi connectivity index (χ3n) is 3.56. The second-order valence-corrected chi connectivity index (χ2v) is 7.02. The summed E-state index contributed by atoms with van der Waals surface area (Å²) in [5, 5.41) is 2.86. The van der Waals surface area contributed by atoms with E-state index in [0.717, 1.165) is 12.0 Å². The lowest BCUT2D eigenvalue weighted by atomic mass is 10.1. The maximum Gasteiger partial charge on any atom is 0.255 e. The Bertz CT molecular complexity index is 775. The molecule has 1 aliphatic heterocycles. The van der Waals surface area contributed by atoms with E-state index in [-0.39, 0.29) is 5.91 Å². The van der Waals surface area contributed by atoms with Gasteiger partial charge < -0.3 is 14.8 Å². The summed E-state index contributed by atoms with van der Waals surface area (Å²) in [7, 11) is -0.941. The monoisotopic (exact) mass is 345 g/mol. The molecule has 2 aromatic carbocycles. The summed E-state index contributed by atoms with van der Waals surface area (Å²) in [4.78, 5) is 12.4. The lowest BCUT2D eigenvalue weighted by molar-refractivity contribution is 0.102. The first-order valence-electron chi connectivity index (χ1n) is 7.72. The highest BCUT2D eigenvalue weighted by atomic mass is 32.2. The van der Waals surface area contributed by atoms with Crippen molar-refractivity contribution in [3.05, 3.63) is 53.6 Å². The highest BCUT2D eigenvalue weighted by molar-refractivity contribution is 7.83. The fourth-order valence-corrected chi connectivity index (χ4v) is 3.13. The van der Waals surface area contributed by atoms with Crippen LogP contribution in [0.5, 0.6) is 11.5 Å². The van der Waals surface area contributed by atoms with Gasteiger partial charge in [-0.3, -0.25) is 9.00 Å². The van der Waals surface area contributed by atoms with Gasteiger partial charge in [-0.25, -0.2) is 0 Å².